The maximum Gasteiger partial charge on any atom is 0.407 e. The third kappa shape index (κ3) is 5.54. The second-order valence-corrected chi connectivity index (χ2v) is 4.09. The number of hydrogen-bond acceptors (Lipinski definition) is 4. The predicted octanol–water partition coefficient (Wildman–Crippen LogP) is 1.21. The van der Waals surface area contributed by atoms with E-state index in [2.05, 4.69) is 11.9 Å². The highest BCUT2D eigenvalue weighted by molar-refractivity contribution is 5.67. The highest BCUT2D eigenvalue weighted by Gasteiger charge is 2.19. The molecule has 1 aromatic carbocycles. The van der Waals surface area contributed by atoms with Crippen molar-refractivity contribution >= 4 is 6.09 Å². The van der Waals surface area contributed by atoms with E-state index in [1.807, 2.05) is 30.3 Å². The highest BCUT2D eigenvalue weighted by Crippen LogP contribution is 2.03. The van der Waals surface area contributed by atoms with Crippen LogP contribution in [-0.4, -0.2) is 35.1 Å². The smallest absolute Gasteiger partial charge is 0.407 e. The Labute approximate surface area is 112 Å². The normalized spacial score (nSPS) is 13.4. The third-order valence-corrected chi connectivity index (χ3v) is 2.59. The van der Waals surface area contributed by atoms with Crippen LogP contribution in [0.2, 0.25) is 0 Å². The summed E-state index contributed by atoms with van der Waals surface area (Å²) in [5, 5.41) is 21.1. The standard InChI is InChI=1S/C14H19NO4/c1-2-6-13(17)12(9-16)15-14(18)19-10-11-7-4-3-5-8-11/h2-5,7-8,12-13,16-17H,1,6,9-10H2,(H,15,18)/t12-,13+/m1/s1. The lowest BCUT2D eigenvalue weighted by atomic mass is 10.1. The van der Waals surface area contributed by atoms with Gasteiger partial charge in [-0.3, -0.25) is 0 Å². The lowest BCUT2D eigenvalue weighted by Gasteiger charge is -2.20. The Kier molecular flexibility index (Phi) is 6.63. The molecule has 0 aliphatic carbocycles. The number of benzene rings is 1. The minimum absolute atomic E-state index is 0.141. The summed E-state index contributed by atoms with van der Waals surface area (Å²) in [5.74, 6) is 0. The summed E-state index contributed by atoms with van der Waals surface area (Å²) in [6.07, 6.45) is 0.242. The number of rotatable bonds is 7. The van der Waals surface area contributed by atoms with Crippen molar-refractivity contribution in [1.29, 1.82) is 0 Å². The second kappa shape index (κ2) is 8.29. The number of carbonyl (C=O) groups is 1. The van der Waals surface area contributed by atoms with Crippen LogP contribution in [0.3, 0.4) is 0 Å². The summed E-state index contributed by atoms with van der Waals surface area (Å²) in [5.41, 5.74) is 0.866. The van der Waals surface area contributed by atoms with Crippen LogP contribution in [-0.2, 0) is 11.3 Å². The average Bonchev–Trinajstić information content (AvgIpc) is 2.44. The monoisotopic (exact) mass is 265 g/mol. The number of ether oxygens (including phenoxy) is 1. The number of nitrogens with one attached hydrogen (secondary N) is 1. The fourth-order valence-electron chi connectivity index (χ4n) is 1.51. The first-order valence-corrected chi connectivity index (χ1v) is 6.04. The van der Waals surface area contributed by atoms with E-state index in [0.717, 1.165) is 5.56 Å². The van der Waals surface area contributed by atoms with Crippen LogP contribution < -0.4 is 5.32 Å². The number of amides is 1. The molecule has 5 heteroatoms. The van der Waals surface area contributed by atoms with Crippen molar-refractivity contribution in [2.24, 2.45) is 0 Å². The van der Waals surface area contributed by atoms with Gasteiger partial charge < -0.3 is 20.3 Å². The molecule has 104 valence electrons. The van der Waals surface area contributed by atoms with Gasteiger partial charge in [0.05, 0.1) is 18.8 Å². The maximum absolute atomic E-state index is 11.5. The van der Waals surface area contributed by atoms with E-state index in [0.29, 0.717) is 0 Å². The molecule has 0 aliphatic rings. The maximum atomic E-state index is 11.5. The zero-order chi connectivity index (χ0) is 14.1. The molecule has 1 rings (SSSR count). The van der Waals surface area contributed by atoms with Gasteiger partial charge in [-0.05, 0) is 12.0 Å². The van der Waals surface area contributed by atoms with Crippen molar-refractivity contribution in [1.82, 2.24) is 5.32 Å². The van der Waals surface area contributed by atoms with Crippen LogP contribution in [0, 0.1) is 0 Å². The number of aliphatic hydroxyl groups is 2. The topological polar surface area (TPSA) is 78.8 Å². The quantitative estimate of drug-likeness (QED) is 0.647. The minimum Gasteiger partial charge on any atom is -0.445 e. The SMILES string of the molecule is C=CC[C@H](O)[C@@H](CO)NC(=O)OCc1ccccc1. The Bertz CT molecular complexity index is 394. The molecule has 0 saturated heterocycles. The van der Waals surface area contributed by atoms with Gasteiger partial charge in [-0.25, -0.2) is 4.79 Å². The lowest BCUT2D eigenvalue weighted by molar-refractivity contribution is 0.0780. The summed E-state index contributed by atoms with van der Waals surface area (Å²) in [6, 6.07) is 8.48. The predicted molar refractivity (Wildman–Crippen MR) is 71.5 cm³/mol. The molecular weight excluding hydrogens is 246 g/mol. The molecule has 0 spiro atoms. The van der Waals surface area contributed by atoms with E-state index in [-0.39, 0.29) is 19.6 Å². The zero-order valence-electron chi connectivity index (χ0n) is 10.7. The molecule has 2 atom stereocenters. The van der Waals surface area contributed by atoms with E-state index in [9.17, 15) is 9.90 Å². The summed E-state index contributed by atoms with van der Waals surface area (Å²) in [4.78, 5) is 11.5. The van der Waals surface area contributed by atoms with E-state index >= 15 is 0 Å². The molecular formula is C14H19NO4. The summed E-state index contributed by atoms with van der Waals surface area (Å²) in [6.45, 7) is 3.26. The van der Waals surface area contributed by atoms with Crippen LogP contribution in [0.25, 0.3) is 0 Å². The van der Waals surface area contributed by atoms with Gasteiger partial charge in [-0.15, -0.1) is 6.58 Å². The Morgan fingerprint density at radius 3 is 2.68 bits per heavy atom. The molecule has 0 heterocycles. The van der Waals surface area contributed by atoms with Crippen LogP contribution in [0.1, 0.15) is 12.0 Å². The molecule has 5 nitrogen and oxygen atoms in total. The minimum atomic E-state index is -0.883. The van der Waals surface area contributed by atoms with Crippen LogP contribution in [0.4, 0.5) is 4.79 Å². The van der Waals surface area contributed by atoms with Gasteiger partial charge in [0.2, 0.25) is 0 Å². The average molecular weight is 265 g/mol. The summed E-state index contributed by atoms with van der Waals surface area (Å²) >= 11 is 0. The lowest BCUT2D eigenvalue weighted by Crippen LogP contribution is -2.45. The molecule has 0 radical (unpaired) electrons. The number of carbonyl (C=O) groups excluding carboxylic acids is 1. The van der Waals surface area contributed by atoms with Crippen molar-refractivity contribution in [2.75, 3.05) is 6.61 Å². The molecule has 19 heavy (non-hydrogen) atoms. The van der Waals surface area contributed by atoms with Crippen LogP contribution >= 0.6 is 0 Å². The highest BCUT2D eigenvalue weighted by atomic mass is 16.5. The van der Waals surface area contributed by atoms with Crippen molar-refractivity contribution in [3.63, 3.8) is 0 Å². The number of hydrogen-bond donors (Lipinski definition) is 3. The van der Waals surface area contributed by atoms with Gasteiger partial charge in [0.15, 0.2) is 0 Å². The van der Waals surface area contributed by atoms with Crippen molar-refractivity contribution < 1.29 is 19.7 Å². The fourth-order valence-corrected chi connectivity index (χ4v) is 1.51. The Morgan fingerprint density at radius 1 is 1.42 bits per heavy atom. The molecule has 1 amide bonds. The third-order valence-electron chi connectivity index (χ3n) is 2.59. The number of alkyl carbamates (subject to hydrolysis) is 1. The second-order valence-electron chi connectivity index (χ2n) is 4.09. The first-order chi connectivity index (χ1) is 9.17. The van der Waals surface area contributed by atoms with Gasteiger partial charge in [0, 0.05) is 0 Å². The van der Waals surface area contributed by atoms with Crippen molar-refractivity contribution in [3.8, 4) is 0 Å². The Balaban J connectivity index is 2.39. The molecule has 0 fully saturated rings. The molecule has 0 saturated carbocycles. The Morgan fingerprint density at radius 2 is 2.11 bits per heavy atom. The van der Waals surface area contributed by atoms with E-state index in [1.54, 1.807) is 0 Å². The fraction of sp³-hybridized carbons (Fsp3) is 0.357. The van der Waals surface area contributed by atoms with Gasteiger partial charge in [0.25, 0.3) is 0 Å². The Hall–Kier alpha value is -1.85. The number of aliphatic hydroxyl groups excluding tert-OH is 2. The van der Waals surface area contributed by atoms with Gasteiger partial charge in [-0.2, -0.15) is 0 Å². The van der Waals surface area contributed by atoms with E-state index in [4.69, 9.17) is 9.84 Å². The van der Waals surface area contributed by atoms with Crippen LogP contribution in [0.5, 0.6) is 0 Å². The largest absolute Gasteiger partial charge is 0.445 e. The van der Waals surface area contributed by atoms with Crippen molar-refractivity contribution in [2.45, 2.75) is 25.2 Å². The molecule has 0 aliphatic heterocycles. The summed E-state index contributed by atoms with van der Waals surface area (Å²) < 4.78 is 4.99. The van der Waals surface area contributed by atoms with Gasteiger partial charge in [-0.1, -0.05) is 36.4 Å². The molecule has 1 aromatic rings. The van der Waals surface area contributed by atoms with Gasteiger partial charge in [0.1, 0.15) is 6.61 Å². The molecule has 0 bridgehead atoms. The zero-order valence-corrected chi connectivity index (χ0v) is 10.7. The van der Waals surface area contributed by atoms with Crippen LogP contribution in [0.15, 0.2) is 43.0 Å². The molecule has 0 unspecified atom stereocenters. The molecule has 3 N–H and O–H groups in total. The van der Waals surface area contributed by atoms with Crippen molar-refractivity contribution in [3.05, 3.63) is 48.6 Å². The van der Waals surface area contributed by atoms with E-state index in [1.165, 1.54) is 6.08 Å². The first kappa shape index (κ1) is 15.2. The first-order valence-electron chi connectivity index (χ1n) is 6.04. The molecule has 0 aromatic heterocycles. The van der Waals surface area contributed by atoms with Gasteiger partial charge >= 0.3 is 6.09 Å². The summed E-state index contributed by atoms with van der Waals surface area (Å²) in [7, 11) is 0. The van der Waals surface area contributed by atoms with E-state index < -0.39 is 18.2 Å².